The Labute approximate surface area is 120 Å². The Morgan fingerprint density at radius 2 is 2.05 bits per heavy atom. The average molecular weight is 290 g/mol. The van der Waals surface area contributed by atoms with Gasteiger partial charge in [0.2, 0.25) is 0 Å². The Kier molecular flexibility index (Phi) is 4.92. The van der Waals surface area contributed by atoms with Crippen molar-refractivity contribution in [2.75, 3.05) is 6.54 Å². The molecular formula is C14H14N2O5. The predicted octanol–water partition coefficient (Wildman–Crippen LogP) is 1.45. The van der Waals surface area contributed by atoms with Crippen LogP contribution in [0.4, 0.5) is 9.59 Å². The number of amides is 2. The summed E-state index contributed by atoms with van der Waals surface area (Å²) >= 11 is 0. The molecule has 1 aliphatic rings. The van der Waals surface area contributed by atoms with E-state index in [1.807, 2.05) is 30.3 Å². The van der Waals surface area contributed by atoms with Gasteiger partial charge in [0.1, 0.15) is 12.3 Å². The van der Waals surface area contributed by atoms with E-state index < -0.39 is 18.2 Å². The first-order chi connectivity index (χ1) is 10.1. The fourth-order valence-corrected chi connectivity index (χ4v) is 1.62. The standard InChI is InChI=1S/C14H14N2O5/c17-12-11(16-14(19)21-12)7-4-8-15-13(18)20-9-10-5-2-1-3-6-10/h1-3,5-7H,4,8-9H2,(H,15,18)(H,16,19)/b11-7-. The molecular weight excluding hydrogens is 276 g/mol. The van der Waals surface area contributed by atoms with E-state index in [1.165, 1.54) is 6.08 Å². The lowest BCUT2D eigenvalue weighted by atomic mass is 10.2. The van der Waals surface area contributed by atoms with E-state index in [0.29, 0.717) is 6.42 Å². The summed E-state index contributed by atoms with van der Waals surface area (Å²) in [6, 6.07) is 9.30. The fraction of sp³-hybridized carbons (Fsp3) is 0.214. The van der Waals surface area contributed by atoms with Gasteiger partial charge in [-0.05, 0) is 12.0 Å². The molecule has 0 radical (unpaired) electrons. The minimum atomic E-state index is -0.790. The van der Waals surface area contributed by atoms with Crippen LogP contribution in [0.1, 0.15) is 12.0 Å². The predicted molar refractivity (Wildman–Crippen MR) is 72.0 cm³/mol. The molecule has 2 amide bonds. The number of carbonyl (C=O) groups excluding carboxylic acids is 3. The molecule has 0 aromatic heterocycles. The molecule has 7 heteroatoms. The van der Waals surface area contributed by atoms with Crippen LogP contribution in [0.3, 0.4) is 0 Å². The van der Waals surface area contributed by atoms with Crippen molar-refractivity contribution in [3.63, 3.8) is 0 Å². The summed E-state index contributed by atoms with van der Waals surface area (Å²) in [5.41, 5.74) is 0.977. The van der Waals surface area contributed by atoms with E-state index in [-0.39, 0.29) is 18.8 Å². The Hall–Kier alpha value is -2.83. The highest BCUT2D eigenvalue weighted by molar-refractivity contribution is 6.03. The van der Waals surface area contributed by atoms with Gasteiger partial charge in [0.25, 0.3) is 0 Å². The van der Waals surface area contributed by atoms with Gasteiger partial charge in [-0.2, -0.15) is 0 Å². The second-order valence-corrected chi connectivity index (χ2v) is 4.20. The first kappa shape index (κ1) is 14.6. The van der Waals surface area contributed by atoms with Gasteiger partial charge in [-0.3, -0.25) is 5.32 Å². The molecule has 0 aliphatic carbocycles. The number of cyclic esters (lactones) is 2. The highest BCUT2D eigenvalue weighted by Gasteiger charge is 2.25. The second-order valence-electron chi connectivity index (χ2n) is 4.20. The lowest BCUT2D eigenvalue weighted by Crippen LogP contribution is -2.25. The summed E-state index contributed by atoms with van der Waals surface area (Å²) in [6.07, 6.45) is 0.507. The zero-order valence-corrected chi connectivity index (χ0v) is 11.1. The Balaban J connectivity index is 1.64. The van der Waals surface area contributed by atoms with E-state index in [9.17, 15) is 14.4 Å². The van der Waals surface area contributed by atoms with Crippen LogP contribution in [0.2, 0.25) is 0 Å². The maximum atomic E-state index is 11.4. The summed E-state index contributed by atoms with van der Waals surface area (Å²) in [4.78, 5) is 33.2. The van der Waals surface area contributed by atoms with Crippen molar-refractivity contribution in [1.29, 1.82) is 0 Å². The molecule has 0 saturated carbocycles. The molecule has 2 rings (SSSR count). The molecule has 0 unspecified atom stereocenters. The van der Waals surface area contributed by atoms with Crippen LogP contribution in [0.25, 0.3) is 0 Å². The van der Waals surface area contributed by atoms with Crippen molar-refractivity contribution in [1.82, 2.24) is 10.6 Å². The first-order valence-electron chi connectivity index (χ1n) is 6.33. The number of esters is 1. The van der Waals surface area contributed by atoms with E-state index in [2.05, 4.69) is 15.4 Å². The Morgan fingerprint density at radius 1 is 1.29 bits per heavy atom. The number of hydrogen-bond donors (Lipinski definition) is 2. The molecule has 1 fully saturated rings. The van der Waals surface area contributed by atoms with Gasteiger partial charge in [-0.1, -0.05) is 36.4 Å². The average Bonchev–Trinajstić information content (AvgIpc) is 2.80. The second kappa shape index (κ2) is 7.09. The SMILES string of the molecule is O=C(NCC/C=C1\NC(=O)OC1=O)OCc1ccccc1. The van der Waals surface area contributed by atoms with Gasteiger partial charge >= 0.3 is 18.2 Å². The lowest BCUT2D eigenvalue weighted by molar-refractivity contribution is -0.130. The van der Waals surface area contributed by atoms with Crippen LogP contribution in [0, 0.1) is 0 Å². The summed E-state index contributed by atoms with van der Waals surface area (Å²) in [5.74, 6) is -0.716. The van der Waals surface area contributed by atoms with Crippen LogP contribution >= 0.6 is 0 Å². The van der Waals surface area contributed by atoms with E-state index in [4.69, 9.17) is 4.74 Å². The Morgan fingerprint density at radius 3 is 2.71 bits per heavy atom. The van der Waals surface area contributed by atoms with Crippen LogP contribution in [0.15, 0.2) is 42.1 Å². The van der Waals surface area contributed by atoms with Crippen LogP contribution in [-0.4, -0.2) is 24.7 Å². The Bertz CT molecular complexity index is 568. The first-order valence-corrected chi connectivity index (χ1v) is 6.33. The molecule has 1 saturated heterocycles. The van der Waals surface area contributed by atoms with Crippen molar-refractivity contribution in [2.45, 2.75) is 13.0 Å². The van der Waals surface area contributed by atoms with Crippen LogP contribution in [0.5, 0.6) is 0 Å². The van der Waals surface area contributed by atoms with Crippen molar-refractivity contribution >= 4 is 18.2 Å². The van der Waals surface area contributed by atoms with E-state index in [1.54, 1.807) is 0 Å². The molecule has 21 heavy (non-hydrogen) atoms. The fourth-order valence-electron chi connectivity index (χ4n) is 1.62. The number of carbonyl (C=O) groups is 3. The van der Waals surface area contributed by atoms with Gasteiger partial charge in [-0.25, -0.2) is 14.4 Å². The van der Waals surface area contributed by atoms with Crippen molar-refractivity contribution in [2.24, 2.45) is 0 Å². The summed E-state index contributed by atoms with van der Waals surface area (Å²) in [6.45, 7) is 0.469. The van der Waals surface area contributed by atoms with Crippen molar-refractivity contribution in [3.8, 4) is 0 Å². The van der Waals surface area contributed by atoms with E-state index in [0.717, 1.165) is 5.56 Å². The zero-order valence-electron chi connectivity index (χ0n) is 11.1. The highest BCUT2D eigenvalue weighted by atomic mass is 16.6. The third-order valence-corrected chi connectivity index (χ3v) is 2.62. The van der Waals surface area contributed by atoms with Gasteiger partial charge in [0, 0.05) is 6.54 Å². The molecule has 2 N–H and O–H groups in total. The molecule has 1 aromatic rings. The monoisotopic (exact) mass is 290 g/mol. The lowest BCUT2D eigenvalue weighted by Gasteiger charge is -2.05. The zero-order chi connectivity index (χ0) is 15.1. The number of nitrogens with one attached hydrogen (secondary N) is 2. The third kappa shape index (κ3) is 4.64. The van der Waals surface area contributed by atoms with Crippen LogP contribution < -0.4 is 10.6 Å². The molecule has 0 spiro atoms. The number of alkyl carbamates (subject to hydrolysis) is 2. The summed E-state index contributed by atoms with van der Waals surface area (Å²) < 4.78 is 9.28. The molecule has 0 atom stereocenters. The number of rotatable bonds is 5. The summed E-state index contributed by atoms with van der Waals surface area (Å²) in [7, 11) is 0. The molecule has 110 valence electrons. The normalized spacial score (nSPS) is 15.5. The maximum Gasteiger partial charge on any atom is 0.419 e. The van der Waals surface area contributed by atoms with Crippen molar-refractivity contribution in [3.05, 3.63) is 47.7 Å². The number of ether oxygens (including phenoxy) is 2. The molecule has 0 bridgehead atoms. The quantitative estimate of drug-likeness (QED) is 0.370. The van der Waals surface area contributed by atoms with Gasteiger partial charge in [0.15, 0.2) is 0 Å². The topological polar surface area (TPSA) is 93.7 Å². The summed E-state index contributed by atoms with van der Waals surface area (Å²) in [5, 5.41) is 4.78. The minimum absolute atomic E-state index is 0.0828. The van der Waals surface area contributed by atoms with Gasteiger partial charge < -0.3 is 14.8 Å². The number of benzene rings is 1. The van der Waals surface area contributed by atoms with Gasteiger partial charge in [-0.15, -0.1) is 0 Å². The number of hydrogen-bond acceptors (Lipinski definition) is 5. The smallest absolute Gasteiger partial charge is 0.419 e. The molecule has 1 aromatic carbocycles. The maximum absolute atomic E-state index is 11.4. The largest absolute Gasteiger partial charge is 0.445 e. The third-order valence-electron chi connectivity index (χ3n) is 2.62. The van der Waals surface area contributed by atoms with E-state index >= 15 is 0 Å². The molecule has 1 aliphatic heterocycles. The molecule has 1 heterocycles. The van der Waals surface area contributed by atoms with Crippen LogP contribution in [-0.2, 0) is 20.9 Å². The minimum Gasteiger partial charge on any atom is -0.445 e. The van der Waals surface area contributed by atoms with Gasteiger partial charge in [0.05, 0.1) is 0 Å². The highest BCUT2D eigenvalue weighted by Crippen LogP contribution is 2.04. The molecule has 7 nitrogen and oxygen atoms in total. The van der Waals surface area contributed by atoms with Crippen molar-refractivity contribution < 1.29 is 23.9 Å².